The van der Waals surface area contributed by atoms with Crippen LogP contribution in [0.4, 0.5) is 8.78 Å². The summed E-state index contributed by atoms with van der Waals surface area (Å²) in [6.45, 7) is 3.44. The number of benzene rings is 2. The van der Waals surface area contributed by atoms with Gasteiger partial charge in [-0.3, -0.25) is 14.7 Å². The topological polar surface area (TPSA) is 109 Å². The van der Waals surface area contributed by atoms with Gasteiger partial charge in [0.2, 0.25) is 5.91 Å². The molecule has 32 heavy (non-hydrogen) atoms. The Balaban J connectivity index is 1.64. The molecule has 1 atom stereocenters. The number of rotatable bonds is 8. The highest BCUT2D eigenvalue weighted by Gasteiger charge is 2.27. The lowest BCUT2D eigenvalue weighted by Crippen LogP contribution is -2.49. The molecule has 10 heteroatoms. The van der Waals surface area contributed by atoms with Gasteiger partial charge in [0.05, 0.1) is 13.7 Å². The van der Waals surface area contributed by atoms with Gasteiger partial charge < -0.3 is 15.4 Å². The first-order valence-electron chi connectivity index (χ1n) is 9.88. The minimum atomic E-state index is -1.01. The lowest BCUT2D eigenvalue weighted by Gasteiger charge is -2.21. The summed E-state index contributed by atoms with van der Waals surface area (Å²) < 4.78 is 32.9. The third-order valence-electron chi connectivity index (χ3n) is 4.74. The molecular weight excluding hydrogens is 420 g/mol. The number of methoxy groups -OCH3 is 1. The molecular formula is C22H23F2N5O3. The SMILES string of the molecule is COc1ccc(-c2n[nH]c(CNC(=O)[C@@H](NC(=O)c3c(F)cccc3F)C(C)C)n2)cc1. The monoisotopic (exact) mass is 443 g/mol. The standard InChI is InChI=1S/C22H23F2N5O3/c1-12(2)19(27-21(30)18-15(23)5-4-6-16(18)24)22(31)25-11-17-26-20(29-28-17)13-7-9-14(32-3)10-8-13/h4-10,12,19H,11H2,1-3H3,(H,25,31)(H,27,30)(H,26,28,29)/t19-/m0/s1. The van der Waals surface area contributed by atoms with E-state index in [-0.39, 0.29) is 12.5 Å². The van der Waals surface area contributed by atoms with Crippen molar-refractivity contribution in [1.82, 2.24) is 25.8 Å². The second kappa shape index (κ2) is 9.99. The summed E-state index contributed by atoms with van der Waals surface area (Å²) >= 11 is 0. The van der Waals surface area contributed by atoms with Crippen molar-refractivity contribution in [2.45, 2.75) is 26.4 Å². The summed E-state index contributed by atoms with van der Waals surface area (Å²) in [6.07, 6.45) is 0. The lowest BCUT2D eigenvalue weighted by molar-refractivity contribution is -0.124. The summed E-state index contributed by atoms with van der Waals surface area (Å²) in [5, 5.41) is 11.9. The summed E-state index contributed by atoms with van der Waals surface area (Å²) in [7, 11) is 1.57. The number of nitrogens with zero attached hydrogens (tertiary/aromatic N) is 2. The molecule has 3 rings (SSSR count). The summed E-state index contributed by atoms with van der Waals surface area (Å²) in [5.74, 6) is -2.31. The lowest BCUT2D eigenvalue weighted by atomic mass is 10.0. The zero-order chi connectivity index (χ0) is 23.3. The van der Waals surface area contributed by atoms with Crippen LogP contribution in [0, 0.1) is 17.6 Å². The second-order valence-electron chi connectivity index (χ2n) is 7.34. The number of carbonyl (C=O) groups is 2. The first kappa shape index (κ1) is 22.9. The van der Waals surface area contributed by atoms with Gasteiger partial charge in [-0.1, -0.05) is 19.9 Å². The molecule has 2 aromatic carbocycles. The number of carbonyl (C=O) groups excluding carboxylic acids is 2. The van der Waals surface area contributed by atoms with Crippen molar-refractivity contribution in [3.8, 4) is 17.1 Å². The third kappa shape index (κ3) is 5.26. The number of ether oxygens (including phenoxy) is 1. The van der Waals surface area contributed by atoms with Crippen molar-refractivity contribution in [2.24, 2.45) is 5.92 Å². The Morgan fingerprint density at radius 1 is 1.09 bits per heavy atom. The van der Waals surface area contributed by atoms with Crippen LogP contribution in [0.2, 0.25) is 0 Å². The Morgan fingerprint density at radius 3 is 2.34 bits per heavy atom. The summed E-state index contributed by atoms with van der Waals surface area (Å²) in [4.78, 5) is 29.4. The molecule has 3 aromatic rings. The molecule has 0 unspecified atom stereocenters. The fourth-order valence-electron chi connectivity index (χ4n) is 2.99. The number of aromatic nitrogens is 3. The first-order valence-corrected chi connectivity index (χ1v) is 9.88. The predicted octanol–water partition coefficient (Wildman–Crippen LogP) is 2.83. The number of amides is 2. The van der Waals surface area contributed by atoms with Gasteiger partial charge in [-0.05, 0) is 42.3 Å². The minimum Gasteiger partial charge on any atom is -0.497 e. The van der Waals surface area contributed by atoms with Crippen LogP contribution >= 0.6 is 0 Å². The van der Waals surface area contributed by atoms with Crippen LogP contribution in [-0.2, 0) is 11.3 Å². The van der Waals surface area contributed by atoms with Crippen molar-refractivity contribution < 1.29 is 23.1 Å². The molecule has 0 aliphatic rings. The molecule has 2 amide bonds. The van der Waals surface area contributed by atoms with E-state index in [1.165, 1.54) is 0 Å². The van der Waals surface area contributed by atoms with E-state index in [2.05, 4.69) is 25.8 Å². The first-order chi connectivity index (χ1) is 15.3. The largest absolute Gasteiger partial charge is 0.497 e. The van der Waals surface area contributed by atoms with E-state index < -0.39 is 35.1 Å². The predicted molar refractivity (Wildman–Crippen MR) is 113 cm³/mol. The van der Waals surface area contributed by atoms with Gasteiger partial charge in [0.15, 0.2) is 5.82 Å². The Kier molecular flexibility index (Phi) is 7.14. The molecule has 1 aromatic heterocycles. The fourth-order valence-corrected chi connectivity index (χ4v) is 2.99. The van der Waals surface area contributed by atoms with Gasteiger partial charge in [-0.25, -0.2) is 13.8 Å². The maximum absolute atomic E-state index is 13.9. The van der Waals surface area contributed by atoms with Crippen LogP contribution in [0.5, 0.6) is 5.75 Å². The average molecular weight is 443 g/mol. The molecule has 0 saturated carbocycles. The molecule has 8 nitrogen and oxygen atoms in total. The van der Waals surface area contributed by atoms with Gasteiger partial charge in [0.1, 0.15) is 34.8 Å². The van der Waals surface area contributed by atoms with E-state index >= 15 is 0 Å². The number of halogens is 2. The fraction of sp³-hybridized carbons (Fsp3) is 0.273. The van der Waals surface area contributed by atoms with Crippen LogP contribution in [0.25, 0.3) is 11.4 Å². The molecule has 0 saturated heterocycles. The molecule has 0 radical (unpaired) electrons. The highest BCUT2D eigenvalue weighted by Crippen LogP contribution is 2.19. The number of aromatic amines is 1. The van der Waals surface area contributed by atoms with Gasteiger partial charge in [-0.15, -0.1) is 0 Å². The number of hydrogen-bond donors (Lipinski definition) is 3. The van der Waals surface area contributed by atoms with Gasteiger partial charge >= 0.3 is 0 Å². The van der Waals surface area contributed by atoms with Crippen molar-refractivity contribution in [1.29, 1.82) is 0 Å². The van der Waals surface area contributed by atoms with E-state index in [4.69, 9.17) is 4.74 Å². The smallest absolute Gasteiger partial charge is 0.257 e. The van der Waals surface area contributed by atoms with E-state index in [1.807, 2.05) is 0 Å². The van der Waals surface area contributed by atoms with Crippen molar-refractivity contribution in [3.05, 3.63) is 65.5 Å². The minimum absolute atomic E-state index is 0.0230. The molecule has 168 valence electrons. The van der Waals surface area contributed by atoms with Crippen molar-refractivity contribution >= 4 is 11.8 Å². The highest BCUT2D eigenvalue weighted by atomic mass is 19.1. The van der Waals surface area contributed by atoms with Crippen molar-refractivity contribution in [3.63, 3.8) is 0 Å². The quantitative estimate of drug-likeness (QED) is 0.496. The van der Waals surface area contributed by atoms with Crippen LogP contribution in [-0.4, -0.2) is 40.1 Å². The van der Waals surface area contributed by atoms with E-state index in [0.717, 1.165) is 23.8 Å². The molecule has 0 bridgehead atoms. The molecule has 3 N–H and O–H groups in total. The Morgan fingerprint density at radius 2 is 1.75 bits per heavy atom. The van der Waals surface area contributed by atoms with Crippen LogP contribution in [0.1, 0.15) is 30.0 Å². The Bertz CT molecular complexity index is 1080. The van der Waals surface area contributed by atoms with Gasteiger partial charge in [-0.2, -0.15) is 5.10 Å². The zero-order valence-electron chi connectivity index (χ0n) is 17.8. The van der Waals surface area contributed by atoms with E-state index in [0.29, 0.717) is 17.4 Å². The molecule has 0 spiro atoms. The number of H-pyrrole nitrogens is 1. The average Bonchev–Trinajstić information content (AvgIpc) is 3.24. The van der Waals surface area contributed by atoms with E-state index in [9.17, 15) is 18.4 Å². The molecule has 0 fully saturated rings. The van der Waals surface area contributed by atoms with Crippen molar-refractivity contribution in [2.75, 3.05) is 7.11 Å². The molecule has 0 aliphatic carbocycles. The number of hydrogen-bond acceptors (Lipinski definition) is 5. The van der Waals surface area contributed by atoms with Gasteiger partial charge in [0, 0.05) is 5.56 Å². The Labute approximate surface area is 183 Å². The third-order valence-corrected chi connectivity index (χ3v) is 4.74. The van der Waals surface area contributed by atoms with Crippen LogP contribution < -0.4 is 15.4 Å². The van der Waals surface area contributed by atoms with Crippen LogP contribution in [0.3, 0.4) is 0 Å². The molecule has 1 heterocycles. The number of nitrogens with one attached hydrogen (secondary N) is 3. The summed E-state index contributed by atoms with van der Waals surface area (Å²) in [5.41, 5.74) is 0.0316. The zero-order valence-corrected chi connectivity index (χ0v) is 17.8. The molecule has 0 aliphatic heterocycles. The maximum Gasteiger partial charge on any atom is 0.257 e. The Hall–Kier alpha value is -3.82. The summed E-state index contributed by atoms with van der Waals surface area (Å²) in [6, 6.07) is 9.27. The van der Waals surface area contributed by atoms with Gasteiger partial charge in [0.25, 0.3) is 5.91 Å². The normalized spacial score (nSPS) is 11.8. The highest BCUT2D eigenvalue weighted by molar-refractivity contribution is 5.98. The maximum atomic E-state index is 13.9. The second-order valence-corrected chi connectivity index (χ2v) is 7.34. The van der Waals surface area contributed by atoms with E-state index in [1.54, 1.807) is 45.2 Å². The van der Waals surface area contributed by atoms with Crippen LogP contribution in [0.15, 0.2) is 42.5 Å².